The highest BCUT2D eigenvalue weighted by Gasteiger charge is 2.13. The number of H-pyrrole nitrogens is 1. The predicted molar refractivity (Wildman–Crippen MR) is 63.2 cm³/mol. The number of nitrogens with one attached hydrogen (secondary N) is 1. The second-order valence-corrected chi connectivity index (χ2v) is 4.29. The Hall–Kier alpha value is -1.78. The molecule has 0 saturated heterocycles. The molecule has 0 radical (unpaired) electrons. The van der Waals surface area contributed by atoms with Crippen LogP contribution in [0, 0.1) is 0 Å². The Labute approximate surface area is 98.8 Å². The van der Waals surface area contributed by atoms with Crippen molar-refractivity contribution in [1.82, 2.24) is 9.55 Å². The van der Waals surface area contributed by atoms with E-state index in [-0.39, 0.29) is 11.4 Å². The molecular formula is C12H16N2O3. The van der Waals surface area contributed by atoms with Crippen molar-refractivity contribution in [2.24, 2.45) is 0 Å². The second kappa shape index (κ2) is 5.03. The maximum absolute atomic E-state index is 11.4. The monoisotopic (exact) mass is 236 g/mol. The van der Waals surface area contributed by atoms with Gasteiger partial charge in [0.2, 0.25) is 0 Å². The zero-order valence-electron chi connectivity index (χ0n) is 9.61. The third-order valence-corrected chi connectivity index (χ3v) is 3.13. The van der Waals surface area contributed by atoms with Crippen molar-refractivity contribution in [3.63, 3.8) is 0 Å². The summed E-state index contributed by atoms with van der Waals surface area (Å²) in [6.45, 7) is 0.440. The molecule has 0 fully saturated rings. The lowest BCUT2D eigenvalue weighted by Gasteiger charge is -2.12. The standard InChI is InChI=1S/C12H16N2O3/c15-11(16)10-8-13-12(17)14(10)7-6-9-4-2-1-3-5-9/h4,8H,1-3,5-7H2,(H,13,17)(H,15,16). The van der Waals surface area contributed by atoms with Gasteiger partial charge in [-0.1, -0.05) is 11.6 Å². The third-order valence-electron chi connectivity index (χ3n) is 3.13. The van der Waals surface area contributed by atoms with Crippen LogP contribution in [0.1, 0.15) is 42.6 Å². The van der Waals surface area contributed by atoms with Gasteiger partial charge in [-0.2, -0.15) is 0 Å². The quantitative estimate of drug-likeness (QED) is 0.782. The van der Waals surface area contributed by atoms with Crippen LogP contribution >= 0.6 is 0 Å². The molecule has 0 saturated carbocycles. The molecule has 17 heavy (non-hydrogen) atoms. The van der Waals surface area contributed by atoms with Crippen molar-refractivity contribution in [2.75, 3.05) is 0 Å². The van der Waals surface area contributed by atoms with E-state index in [9.17, 15) is 9.59 Å². The van der Waals surface area contributed by atoms with Gasteiger partial charge in [0.15, 0.2) is 0 Å². The van der Waals surface area contributed by atoms with E-state index in [4.69, 9.17) is 5.11 Å². The lowest BCUT2D eigenvalue weighted by Crippen LogP contribution is -2.21. The molecule has 0 spiro atoms. The van der Waals surface area contributed by atoms with E-state index < -0.39 is 5.97 Å². The summed E-state index contributed by atoms with van der Waals surface area (Å²) >= 11 is 0. The summed E-state index contributed by atoms with van der Waals surface area (Å²) in [6.07, 6.45) is 8.82. The van der Waals surface area contributed by atoms with Crippen LogP contribution in [0.25, 0.3) is 0 Å². The largest absolute Gasteiger partial charge is 0.477 e. The van der Waals surface area contributed by atoms with E-state index in [1.54, 1.807) is 0 Å². The highest BCUT2D eigenvalue weighted by atomic mass is 16.4. The van der Waals surface area contributed by atoms with Crippen LogP contribution in [-0.4, -0.2) is 20.6 Å². The SMILES string of the molecule is O=C(O)c1c[nH]c(=O)n1CCC1=CCCCC1. The Balaban J connectivity index is 2.08. The Bertz CT molecular complexity index is 496. The maximum atomic E-state index is 11.4. The van der Waals surface area contributed by atoms with Gasteiger partial charge in [-0.05, 0) is 32.1 Å². The van der Waals surface area contributed by atoms with Crippen molar-refractivity contribution < 1.29 is 9.90 Å². The minimum atomic E-state index is -1.07. The summed E-state index contributed by atoms with van der Waals surface area (Å²) in [5, 5.41) is 8.92. The van der Waals surface area contributed by atoms with Gasteiger partial charge in [0, 0.05) is 12.7 Å². The normalized spacial score (nSPS) is 15.6. The summed E-state index contributed by atoms with van der Waals surface area (Å²) in [4.78, 5) is 24.7. The van der Waals surface area contributed by atoms with Crippen LogP contribution in [0.15, 0.2) is 22.6 Å². The van der Waals surface area contributed by atoms with E-state index >= 15 is 0 Å². The minimum absolute atomic E-state index is 0.0337. The van der Waals surface area contributed by atoms with Crippen molar-refractivity contribution in [3.8, 4) is 0 Å². The molecule has 92 valence electrons. The van der Waals surface area contributed by atoms with Gasteiger partial charge >= 0.3 is 11.7 Å². The van der Waals surface area contributed by atoms with E-state index in [1.807, 2.05) is 0 Å². The number of hydrogen-bond donors (Lipinski definition) is 2. The van der Waals surface area contributed by atoms with Gasteiger partial charge in [-0.15, -0.1) is 0 Å². The highest BCUT2D eigenvalue weighted by molar-refractivity contribution is 5.85. The molecule has 0 bridgehead atoms. The minimum Gasteiger partial charge on any atom is -0.477 e. The molecule has 5 heteroatoms. The molecule has 0 amide bonds. The van der Waals surface area contributed by atoms with Crippen molar-refractivity contribution in [2.45, 2.75) is 38.6 Å². The number of carboxylic acids is 1. The average molecular weight is 236 g/mol. The number of hydrogen-bond acceptors (Lipinski definition) is 2. The number of nitrogens with zero attached hydrogens (tertiary/aromatic N) is 1. The van der Waals surface area contributed by atoms with E-state index in [0.717, 1.165) is 19.3 Å². The molecule has 0 atom stereocenters. The predicted octanol–water partition coefficient (Wildman–Crippen LogP) is 1.77. The fraction of sp³-hybridized carbons (Fsp3) is 0.500. The lowest BCUT2D eigenvalue weighted by atomic mass is 9.97. The van der Waals surface area contributed by atoms with Gasteiger partial charge in [0.1, 0.15) is 5.69 Å². The van der Waals surface area contributed by atoms with E-state index in [0.29, 0.717) is 6.54 Å². The number of carbonyl (C=O) groups is 1. The number of aromatic carboxylic acids is 1. The first kappa shape index (κ1) is 11.7. The lowest BCUT2D eigenvalue weighted by molar-refractivity contribution is 0.0684. The van der Waals surface area contributed by atoms with E-state index in [2.05, 4.69) is 11.1 Å². The fourth-order valence-electron chi connectivity index (χ4n) is 2.18. The van der Waals surface area contributed by atoms with Gasteiger partial charge in [-0.25, -0.2) is 9.59 Å². The Kier molecular flexibility index (Phi) is 3.46. The fourth-order valence-corrected chi connectivity index (χ4v) is 2.18. The molecule has 2 N–H and O–H groups in total. The number of aromatic amines is 1. The molecule has 1 aromatic heterocycles. The number of allylic oxidation sites excluding steroid dienone is 2. The first-order chi connectivity index (χ1) is 8.18. The number of aromatic nitrogens is 2. The zero-order chi connectivity index (χ0) is 12.3. The van der Waals surface area contributed by atoms with Crippen molar-refractivity contribution >= 4 is 5.97 Å². The summed E-state index contributed by atoms with van der Waals surface area (Å²) in [6, 6.07) is 0. The summed E-state index contributed by atoms with van der Waals surface area (Å²) in [5.41, 5.74) is 1.02. The van der Waals surface area contributed by atoms with Crippen LogP contribution < -0.4 is 5.69 Å². The maximum Gasteiger partial charge on any atom is 0.354 e. The first-order valence-corrected chi connectivity index (χ1v) is 5.88. The summed E-state index contributed by atoms with van der Waals surface area (Å²) in [5.74, 6) is -1.07. The number of rotatable bonds is 4. The average Bonchev–Trinajstić information content (AvgIpc) is 2.69. The van der Waals surface area contributed by atoms with Gasteiger partial charge < -0.3 is 10.1 Å². The molecule has 1 aliphatic rings. The summed E-state index contributed by atoms with van der Waals surface area (Å²) in [7, 11) is 0. The third kappa shape index (κ3) is 2.67. The molecule has 1 aliphatic carbocycles. The van der Waals surface area contributed by atoms with Crippen molar-refractivity contribution in [1.29, 1.82) is 0 Å². The smallest absolute Gasteiger partial charge is 0.354 e. The molecule has 0 aromatic carbocycles. The molecule has 1 aromatic rings. The van der Waals surface area contributed by atoms with Crippen LogP contribution in [0.5, 0.6) is 0 Å². The molecule has 1 heterocycles. The Morgan fingerprint density at radius 2 is 2.29 bits per heavy atom. The summed E-state index contributed by atoms with van der Waals surface area (Å²) < 4.78 is 1.29. The number of imidazole rings is 1. The van der Waals surface area contributed by atoms with Crippen LogP contribution in [0.2, 0.25) is 0 Å². The van der Waals surface area contributed by atoms with Gasteiger partial charge in [-0.3, -0.25) is 4.57 Å². The van der Waals surface area contributed by atoms with Crippen LogP contribution in [0.3, 0.4) is 0 Å². The van der Waals surface area contributed by atoms with E-state index in [1.165, 1.54) is 29.2 Å². The van der Waals surface area contributed by atoms with Crippen LogP contribution in [0.4, 0.5) is 0 Å². The first-order valence-electron chi connectivity index (χ1n) is 5.88. The van der Waals surface area contributed by atoms with Gasteiger partial charge in [0.05, 0.1) is 0 Å². The molecular weight excluding hydrogens is 220 g/mol. The highest BCUT2D eigenvalue weighted by Crippen LogP contribution is 2.20. The number of carboxylic acid groups (broad SMARTS) is 1. The van der Waals surface area contributed by atoms with Crippen LogP contribution in [-0.2, 0) is 6.54 Å². The molecule has 2 rings (SSSR count). The molecule has 0 unspecified atom stereocenters. The van der Waals surface area contributed by atoms with Gasteiger partial charge in [0.25, 0.3) is 0 Å². The Morgan fingerprint density at radius 1 is 1.47 bits per heavy atom. The topological polar surface area (TPSA) is 75.1 Å². The molecule has 0 aliphatic heterocycles. The zero-order valence-corrected chi connectivity index (χ0v) is 9.61. The second-order valence-electron chi connectivity index (χ2n) is 4.29. The molecule has 5 nitrogen and oxygen atoms in total. The Morgan fingerprint density at radius 3 is 2.94 bits per heavy atom. The van der Waals surface area contributed by atoms with Crippen molar-refractivity contribution in [3.05, 3.63) is 34.0 Å².